The molecule has 0 aliphatic heterocycles. The lowest BCUT2D eigenvalue weighted by Crippen LogP contribution is -2.04. The van der Waals surface area contributed by atoms with Crippen LogP contribution in [0.1, 0.15) is 19.4 Å². The smallest absolute Gasteiger partial charge is 0.333 e. The Morgan fingerprint density at radius 2 is 2.25 bits per heavy atom. The van der Waals surface area contributed by atoms with Gasteiger partial charge < -0.3 is 15.6 Å². The molecule has 0 saturated carbocycles. The van der Waals surface area contributed by atoms with Crippen LogP contribution in [0, 0.1) is 0 Å². The summed E-state index contributed by atoms with van der Waals surface area (Å²) in [4.78, 5) is 11.3. The summed E-state index contributed by atoms with van der Waals surface area (Å²) in [5.74, 6) is -0.319. The summed E-state index contributed by atoms with van der Waals surface area (Å²) < 4.78 is 4.84. The molecule has 0 heterocycles. The van der Waals surface area contributed by atoms with Gasteiger partial charge in [-0.25, -0.2) is 4.79 Å². The number of nitrogen functional groups attached to an aromatic ring is 1. The molecule has 1 rings (SSSR count). The van der Waals surface area contributed by atoms with E-state index in [0.29, 0.717) is 12.2 Å². The molecule has 0 aromatic heterocycles. The van der Waals surface area contributed by atoms with Gasteiger partial charge in [-0.15, -0.1) is 0 Å². The number of carbonyl (C=O) groups excluding carboxylic acids is 1. The summed E-state index contributed by atoms with van der Waals surface area (Å²) >= 11 is 0. The topological polar surface area (TPSA) is 72.5 Å². The van der Waals surface area contributed by atoms with Crippen LogP contribution in [0.25, 0.3) is 6.08 Å². The quantitative estimate of drug-likeness (QED) is 0.354. The van der Waals surface area contributed by atoms with E-state index in [-0.39, 0.29) is 17.4 Å². The lowest BCUT2D eigenvalue weighted by Gasteiger charge is -2.03. The SMILES string of the molecule is CCOC(=O)/C(C)=C/c1ccc(O)c(N)c1. The van der Waals surface area contributed by atoms with Crippen LogP contribution in [0.2, 0.25) is 0 Å². The fraction of sp³-hybridized carbons (Fsp3) is 0.250. The van der Waals surface area contributed by atoms with Crippen LogP contribution in [0.3, 0.4) is 0 Å². The second kappa shape index (κ2) is 5.21. The van der Waals surface area contributed by atoms with Crippen molar-refractivity contribution in [3.63, 3.8) is 0 Å². The second-order valence-electron chi connectivity index (χ2n) is 3.37. The molecule has 1 aromatic carbocycles. The third-order valence-corrected chi connectivity index (χ3v) is 2.03. The number of anilines is 1. The van der Waals surface area contributed by atoms with E-state index in [1.165, 1.54) is 6.07 Å². The molecule has 0 aliphatic rings. The molecule has 0 radical (unpaired) electrons. The van der Waals surface area contributed by atoms with Gasteiger partial charge in [0.2, 0.25) is 0 Å². The Balaban J connectivity index is 2.89. The highest BCUT2D eigenvalue weighted by Crippen LogP contribution is 2.21. The number of phenols is 1. The summed E-state index contributed by atoms with van der Waals surface area (Å²) in [6.45, 7) is 3.77. The predicted molar refractivity (Wildman–Crippen MR) is 62.8 cm³/mol. The van der Waals surface area contributed by atoms with Crippen LogP contribution in [-0.2, 0) is 9.53 Å². The molecule has 0 atom stereocenters. The van der Waals surface area contributed by atoms with Gasteiger partial charge >= 0.3 is 5.97 Å². The number of rotatable bonds is 3. The van der Waals surface area contributed by atoms with Crippen molar-refractivity contribution in [3.05, 3.63) is 29.3 Å². The summed E-state index contributed by atoms with van der Waals surface area (Å²) in [7, 11) is 0. The Morgan fingerprint density at radius 1 is 1.56 bits per heavy atom. The largest absolute Gasteiger partial charge is 0.506 e. The predicted octanol–water partition coefficient (Wildman–Crippen LogP) is 1.94. The first-order chi connectivity index (χ1) is 7.54. The molecule has 0 fully saturated rings. The van der Waals surface area contributed by atoms with Gasteiger partial charge in [0.25, 0.3) is 0 Å². The van der Waals surface area contributed by atoms with Crippen molar-refractivity contribution in [2.24, 2.45) is 0 Å². The van der Waals surface area contributed by atoms with E-state index in [4.69, 9.17) is 10.5 Å². The lowest BCUT2D eigenvalue weighted by atomic mass is 10.1. The fourth-order valence-corrected chi connectivity index (χ4v) is 1.22. The van der Waals surface area contributed by atoms with Crippen molar-refractivity contribution < 1.29 is 14.6 Å². The Morgan fingerprint density at radius 3 is 2.81 bits per heavy atom. The van der Waals surface area contributed by atoms with Gasteiger partial charge in [0.05, 0.1) is 12.3 Å². The summed E-state index contributed by atoms with van der Waals surface area (Å²) in [5.41, 5.74) is 7.06. The van der Waals surface area contributed by atoms with Crippen molar-refractivity contribution in [3.8, 4) is 5.75 Å². The number of benzene rings is 1. The third-order valence-electron chi connectivity index (χ3n) is 2.03. The summed E-state index contributed by atoms with van der Waals surface area (Å²) in [6, 6.07) is 4.76. The maximum Gasteiger partial charge on any atom is 0.333 e. The second-order valence-corrected chi connectivity index (χ2v) is 3.37. The molecule has 0 spiro atoms. The van der Waals surface area contributed by atoms with E-state index in [9.17, 15) is 9.90 Å². The average molecular weight is 221 g/mol. The number of carbonyl (C=O) groups is 1. The molecule has 0 aliphatic carbocycles. The van der Waals surface area contributed by atoms with Gasteiger partial charge in [0.1, 0.15) is 5.75 Å². The molecule has 4 nitrogen and oxygen atoms in total. The molecular weight excluding hydrogens is 206 g/mol. The summed E-state index contributed by atoms with van der Waals surface area (Å²) in [6.07, 6.45) is 1.66. The van der Waals surface area contributed by atoms with E-state index in [1.54, 1.807) is 32.1 Å². The van der Waals surface area contributed by atoms with E-state index in [0.717, 1.165) is 5.56 Å². The van der Waals surface area contributed by atoms with Crippen molar-refractivity contribution in [2.45, 2.75) is 13.8 Å². The molecule has 0 amide bonds. The van der Waals surface area contributed by atoms with E-state index < -0.39 is 0 Å². The number of nitrogens with two attached hydrogens (primary N) is 1. The molecular formula is C12H15NO3. The Bertz CT molecular complexity index is 424. The maximum absolute atomic E-state index is 11.3. The molecule has 3 N–H and O–H groups in total. The van der Waals surface area contributed by atoms with Crippen LogP contribution in [-0.4, -0.2) is 17.7 Å². The minimum atomic E-state index is -0.353. The van der Waals surface area contributed by atoms with Gasteiger partial charge in [0, 0.05) is 5.57 Å². The van der Waals surface area contributed by atoms with Crippen molar-refractivity contribution in [2.75, 3.05) is 12.3 Å². The standard InChI is InChI=1S/C12H15NO3/c1-3-16-12(15)8(2)6-9-4-5-11(14)10(13)7-9/h4-7,14H,3,13H2,1-2H3/b8-6+. The number of hydrogen-bond acceptors (Lipinski definition) is 4. The number of ether oxygens (including phenoxy) is 1. The highest BCUT2D eigenvalue weighted by Gasteiger charge is 2.05. The molecule has 0 unspecified atom stereocenters. The minimum Gasteiger partial charge on any atom is -0.506 e. The summed E-state index contributed by atoms with van der Waals surface area (Å²) in [5, 5.41) is 9.23. The Kier molecular flexibility index (Phi) is 3.94. The molecule has 1 aromatic rings. The van der Waals surface area contributed by atoms with Crippen molar-refractivity contribution in [1.82, 2.24) is 0 Å². The van der Waals surface area contributed by atoms with E-state index in [2.05, 4.69) is 0 Å². The first kappa shape index (κ1) is 12.1. The molecule has 4 heteroatoms. The number of hydrogen-bond donors (Lipinski definition) is 2. The van der Waals surface area contributed by atoms with E-state index in [1.807, 2.05) is 0 Å². The van der Waals surface area contributed by atoms with Gasteiger partial charge in [-0.05, 0) is 37.6 Å². The highest BCUT2D eigenvalue weighted by atomic mass is 16.5. The van der Waals surface area contributed by atoms with E-state index >= 15 is 0 Å². The molecule has 86 valence electrons. The molecule has 0 saturated heterocycles. The van der Waals surface area contributed by atoms with Crippen LogP contribution in [0.5, 0.6) is 5.75 Å². The maximum atomic E-state index is 11.3. The Hall–Kier alpha value is -1.97. The van der Waals surface area contributed by atoms with Crippen LogP contribution in [0.15, 0.2) is 23.8 Å². The van der Waals surface area contributed by atoms with Crippen molar-refractivity contribution in [1.29, 1.82) is 0 Å². The van der Waals surface area contributed by atoms with Gasteiger partial charge in [-0.3, -0.25) is 0 Å². The average Bonchev–Trinajstić information content (AvgIpc) is 2.24. The molecule has 16 heavy (non-hydrogen) atoms. The monoisotopic (exact) mass is 221 g/mol. The minimum absolute atomic E-state index is 0.0333. The first-order valence-electron chi connectivity index (χ1n) is 4.98. The molecule has 0 bridgehead atoms. The fourth-order valence-electron chi connectivity index (χ4n) is 1.22. The van der Waals surface area contributed by atoms with Gasteiger partial charge in [-0.1, -0.05) is 6.07 Å². The van der Waals surface area contributed by atoms with Gasteiger partial charge in [0.15, 0.2) is 0 Å². The third kappa shape index (κ3) is 3.02. The van der Waals surface area contributed by atoms with Crippen LogP contribution >= 0.6 is 0 Å². The lowest BCUT2D eigenvalue weighted by molar-refractivity contribution is -0.138. The van der Waals surface area contributed by atoms with Crippen molar-refractivity contribution >= 4 is 17.7 Å². The zero-order valence-electron chi connectivity index (χ0n) is 9.36. The zero-order valence-corrected chi connectivity index (χ0v) is 9.36. The number of esters is 1. The number of phenolic OH excluding ortho intramolecular Hbond substituents is 1. The van der Waals surface area contributed by atoms with Crippen LogP contribution < -0.4 is 5.73 Å². The highest BCUT2D eigenvalue weighted by molar-refractivity contribution is 5.93. The van der Waals surface area contributed by atoms with Gasteiger partial charge in [-0.2, -0.15) is 0 Å². The Labute approximate surface area is 94.3 Å². The normalized spacial score (nSPS) is 11.2. The first-order valence-corrected chi connectivity index (χ1v) is 4.98. The van der Waals surface area contributed by atoms with Crippen LogP contribution in [0.4, 0.5) is 5.69 Å². The number of aromatic hydroxyl groups is 1. The zero-order chi connectivity index (χ0) is 12.1.